The molecule has 0 amide bonds. The fraction of sp³-hybridized carbons (Fsp3) is 0.273. The zero-order chi connectivity index (χ0) is 18.9. The topological polar surface area (TPSA) is 58.3 Å². The van der Waals surface area contributed by atoms with Crippen molar-refractivity contribution in [2.75, 3.05) is 22.9 Å². The largest absolute Gasteiger partial charge is 0.369 e. The maximum Gasteiger partial charge on any atom is 0.119 e. The number of hydrogen-bond donors (Lipinski definition) is 1. The second-order valence-electron chi connectivity index (χ2n) is 7.33. The highest BCUT2D eigenvalue weighted by molar-refractivity contribution is 7.09. The van der Waals surface area contributed by atoms with Crippen molar-refractivity contribution in [2.24, 2.45) is 5.73 Å². The Balaban J connectivity index is 1.56. The molecule has 2 atom stereocenters. The van der Waals surface area contributed by atoms with Crippen LogP contribution in [0.2, 0.25) is 0 Å². The van der Waals surface area contributed by atoms with E-state index in [0.29, 0.717) is 0 Å². The van der Waals surface area contributed by atoms with Gasteiger partial charge in [0.25, 0.3) is 0 Å². The highest BCUT2D eigenvalue weighted by Gasteiger charge is 2.23. The first kappa shape index (κ1) is 17.4. The molecule has 5 rings (SSSR count). The van der Waals surface area contributed by atoms with Crippen molar-refractivity contribution >= 4 is 33.6 Å². The van der Waals surface area contributed by atoms with Gasteiger partial charge in [0.15, 0.2) is 0 Å². The van der Waals surface area contributed by atoms with E-state index < -0.39 is 0 Å². The van der Waals surface area contributed by atoms with Gasteiger partial charge in [-0.05, 0) is 43.2 Å². The molecule has 0 bridgehead atoms. The monoisotopic (exact) mass is 389 g/mol. The summed E-state index contributed by atoms with van der Waals surface area (Å²) in [6.45, 7) is 1.95. The van der Waals surface area contributed by atoms with Gasteiger partial charge in [0.05, 0.1) is 5.52 Å². The lowest BCUT2D eigenvalue weighted by Gasteiger charge is -2.34. The van der Waals surface area contributed by atoms with Crippen LogP contribution < -0.4 is 15.5 Å². The van der Waals surface area contributed by atoms with Crippen molar-refractivity contribution < 1.29 is 0 Å². The van der Waals surface area contributed by atoms with E-state index in [1.54, 1.807) is 11.3 Å². The third kappa shape index (κ3) is 3.19. The predicted molar refractivity (Wildman–Crippen MR) is 117 cm³/mol. The van der Waals surface area contributed by atoms with E-state index in [-0.39, 0.29) is 12.1 Å². The van der Waals surface area contributed by atoms with Gasteiger partial charge in [0.2, 0.25) is 0 Å². The van der Waals surface area contributed by atoms with Crippen LogP contribution in [0.4, 0.5) is 11.4 Å². The lowest BCUT2D eigenvalue weighted by Crippen LogP contribution is -2.42. The number of rotatable bonds is 3. The third-order valence-corrected chi connectivity index (χ3v) is 6.30. The molecule has 0 spiro atoms. The van der Waals surface area contributed by atoms with Crippen LogP contribution in [-0.4, -0.2) is 29.1 Å². The fourth-order valence-corrected chi connectivity index (χ4v) is 4.83. The van der Waals surface area contributed by atoms with Crippen molar-refractivity contribution in [2.45, 2.75) is 24.9 Å². The molecule has 1 fully saturated rings. The Labute approximate surface area is 168 Å². The minimum Gasteiger partial charge on any atom is -0.369 e. The molecule has 2 aliphatic heterocycles. The molecule has 1 saturated heterocycles. The number of anilines is 2. The quantitative estimate of drug-likeness (QED) is 0.726. The van der Waals surface area contributed by atoms with Gasteiger partial charge in [-0.15, -0.1) is 11.3 Å². The normalized spacial score (nSPS) is 22.2. The summed E-state index contributed by atoms with van der Waals surface area (Å²) in [4.78, 5) is 13.8. The van der Waals surface area contributed by atoms with Crippen molar-refractivity contribution in [1.82, 2.24) is 9.97 Å². The van der Waals surface area contributed by atoms with Crippen LogP contribution in [0, 0.1) is 0 Å². The van der Waals surface area contributed by atoms with Gasteiger partial charge in [0, 0.05) is 59.9 Å². The first-order chi connectivity index (χ1) is 13.8. The molecule has 6 heteroatoms. The lowest BCUT2D eigenvalue weighted by atomic mass is 10.0. The molecule has 1 unspecified atom stereocenters. The number of aromatic nitrogens is 2. The molecule has 2 N–H and O–H groups in total. The smallest absolute Gasteiger partial charge is 0.119 e. The second-order valence-corrected chi connectivity index (χ2v) is 8.25. The molecule has 3 aromatic rings. The Morgan fingerprint density at radius 2 is 2.07 bits per heavy atom. The van der Waals surface area contributed by atoms with Gasteiger partial charge in [0.1, 0.15) is 11.0 Å². The molecule has 5 nitrogen and oxygen atoms in total. The van der Waals surface area contributed by atoms with E-state index in [2.05, 4.69) is 68.5 Å². The molecular weight excluding hydrogens is 366 g/mol. The zero-order valence-electron chi connectivity index (χ0n) is 15.6. The number of benzene rings is 1. The van der Waals surface area contributed by atoms with Gasteiger partial charge in [-0.3, -0.25) is 4.98 Å². The average molecular weight is 390 g/mol. The zero-order valence-corrected chi connectivity index (χ0v) is 16.4. The number of pyridine rings is 1. The summed E-state index contributed by atoms with van der Waals surface area (Å²) in [7, 11) is 0. The summed E-state index contributed by atoms with van der Waals surface area (Å²) < 4.78 is 0. The van der Waals surface area contributed by atoms with Crippen LogP contribution in [0.25, 0.3) is 10.9 Å². The molecule has 0 aliphatic carbocycles. The summed E-state index contributed by atoms with van der Waals surface area (Å²) in [6, 6.07) is 8.99. The molecule has 2 aliphatic rings. The summed E-state index contributed by atoms with van der Waals surface area (Å²) >= 11 is 1.69. The maximum absolute atomic E-state index is 6.24. The first-order valence-electron chi connectivity index (χ1n) is 9.71. The number of nitrogens with zero attached hydrogens (tertiary/aromatic N) is 4. The lowest BCUT2D eigenvalue weighted by molar-refractivity contribution is 0.507. The standard InChI is InChI=1S/C22H23N5S/c23-16-4-3-11-26(15-16)20-8-9-24-19-7-6-17(14-18(19)20)27-12-2-1-5-21(27)22-25-10-13-28-22/h1-2,5-10,12-14,16,21H,3-4,11,15,23H2/t16?,21-/m0/s1. The highest BCUT2D eigenvalue weighted by Crippen LogP contribution is 2.36. The first-order valence-corrected chi connectivity index (χ1v) is 10.6. The highest BCUT2D eigenvalue weighted by atomic mass is 32.1. The SMILES string of the molecule is NC1CCCN(c2ccnc3ccc(N4C=CC=C[C@H]4c4nccs4)cc23)C1. The van der Waals surface area contributed by atoms with Crippen LogP contribution >= 0.6 is 11.3 Å². The van der Waals surface area contributed by atoms with Crippen LogP contribution in [0.1, 0.15) is 23.9 Å². The van der Waals surface area contributed by atoms with Gasteiger partial charge in [-0.1, -0.05) is 12.2 Å². The molecule has 28 heavy (non-hydrogen) atoms. The summed E-state index contributed by atoms with van der Waals surface area (Å²) in [5.41, 5.74) is 9.62. The third-order valence-electron chi connectivity index (χ3n) is 5.45. The van der Waals surface area contributed by atoms with Crippen molar-refractivity contribution in [3.8, 4) is 0 Å². The van der Waals surface area contributed by atoms with E-state index in [1.807, 2.05) is 17.8 Å². The molecule has 142 valence electrons. The van der Waals surface area contributed by atoms with Crippen LogP contribution in [-0.2, 0) is 0 Å². The fourth-order valence-electron chi connectivity index (χ4n) is 4.11. The number of nitrogens with two attached hydrogens (primary N) is 1. The summed E-state index contributed by atoms with van der Waals surface area (Å²) in [6.07, 6.45) is 14.5. The van der Waals surface area contributed by atoms with Crippen LogP contribution in [0.3, 0.4) is 0 Å². The van der Waals surface area contributed by atoms with Crippen molar-refractivity contribution in [3.05, 3.63) is 71.5 Å². The minimum atomic E-state index is 0.117. The number of piperidine rings is 1. The van der Waals surface area contributed by atoms with Gasteiger partial charge < -0.3 is 15.5 Å². The maximum atomic E-state index is 6.24. The van der Waals surface area contributed by atoms with E-state index >= 15 is 0 Å². The van der Waals surface area contributed by atoms with Gasteiger partial charge in [-0.2, -0.15) is 0 Å². The predicted octanol–water partition coefficient (Wildman–Crippen LogP) is 4.25. The van der Waals surface area contributed by atoms with E-state index in [9.17, 15) is 0 Å². The number of thiazole rings is 1. The Bertz CT molecular complexity index is 1030. The van der Waals surface area contributed by atoms with Crippen molar-refractivity contribution in [3.63, 3.8) is 0 Å². The number of fused-ring (bicyclic) bond motifs is 1. The Morgan fingerprint density at radius 1 is 1.11 bits per heavy atom. The Hall–Kier alpha value is -2.70. The molecular formula is C22H23N5S. The van der Waals surface area contributed by atoms with E-state index in [0.717, 1.165) is 42.1 Å². The molecule has 0 saturated carbocycles. The average Bonchev–Trinajstić information content (AvgIpc) is 3.28. The number of allylic oxidation sites excluding steroid dienone is 2. The van der Waals surface area contributed by atoms with Crippen molar-refractivity contribution in [1.29, 1.82) is 0 Å². The number of hydrogen-bond acceptors (Lipinski definition) is 6. The van der Waals surface area contributed by atoms with Crippen LogP contribution in [0.15, 0.2) is 66.5 Å². The van der Waals surface area contributed by atoms with Crippen LogP contribution in [0.5, 0.6) is 0 Å². The minimum absolute atomic E-state index is 0.117. The second kappa shape index (κ2) is 7.37. The van der Waals surface area contributed by atoms with E-state index in [4.69, 9.17) is 5.73 Å². The molecule has 1 aromatic carbocycles. The molecule has 2 aromatic heterocycles. The Kier molecular flexibility index (Phi) is 4.58. The van der Waals surface area contributed by atoms with Gasteiger partial charge >= 0.3 is 0 Å². The summed E-state index contributed by atoms with van der Waals surface area (Å²) in [5, 5.41) is 4.30. The van der Waals surface area contributed by atoms with E-state index in [1.165, 1.54) is 11.1 Å². The summed E-state index contributed by atoms with van der Waals surface area (Å²) in [5.74, 6) is 0. The molecule has 4 heterocycles. The molecule has 0 radical (unpaired) electrons. The Morgan fingerprint density at radius 3 is 2.93 bits per heavy atom. The van der Waals surface area contributed by atoms with Gasteiger partial charge in [-0.25, -0.2) is 4.98 Å².